The van der Waals surface area contributed by atoms with Gasteiger partial charge in [0.15, 0.2) is 0 Å². The van der Waals surface area contributed by atoms with Gasteiger partial charge in [0.05, 0.1) is 12.6 Å². The molecule has 0 bridgehead atoms. The molecule has 0 atom stereocenters. The van der Waals surface area contributed by atoms with Gasteiger partial charge in [0, 0.05) is 20.3 Å². The number of nitrogens with zero attached hydrogens (tertiary/aromatic N) is 1. The molecule has 1 aliphatic carbocycles. The number of hydrogen-bond acceptors (Lipinski definition) is 3. The third-order valence-electron chi connectivity index (χ3n) is 2.50. The van der Waals surface area contributed by atoms with Crippen molar-refractivity contribution in [3.63, 3.8) is 0 Å². The molecule has 12 heavy (non-hydrogen) atoms. The second-order valence-corrected chi connectivity index (χ2v) is 3.50. The molecule has 1 aliphatic rings. The number of ether oxygens (including phenoxy) is 1. The summed E-state index contributed by atoms with van der Waals surface area (Å²) in [5.74, 6) is 0. The lowest BCUT2D eigenvalue weighted by Crippen LogP contribution is -2.25. The van der Waals surface area contributed by atoms with Crippen LogP contribution in [0.25, 0.3) is 0 Å². The average Bonchev–Trinajstić information content (AvgIpc) is 2.83. The summed E-state index contributed by atoms with van der Waals surface area (Å²) in [6.45, 7) is 2.28. The highest BCUT2D eigenvalue weighted by atomic mass is 16.5. The molecule has 0 saturated heterocycles. The Balaban J connectivity index is 2.08. The number of hydrogen-bond donors (Lipinski definition) is 1. The highest BCUT2D eigenvalue weighted by Crippen LogP contribution is 2.47. The summed E-state index contributed by atoms with van der Waals surface area (Å²) in [5, 5.41) is 11.5. The molecule has 0 heterocycles. The molecule has 0 aromatic rings. The van der Waals surface area contributed by atoms with Gasteiger partial charge in [-0.2, -0.15) is 5.26 Å². The zero-order chi connectivity index (χ0) is 8.86. The monoisotopic (exact) mass is 168 g/mol. The summed E-state index contributed by atoms with van der Waals surface area (Å²) < 4.78 is 5.03. The molecule has 3 heteroatoms. The Kier molecular flexibility index (Phi) is 3.51. The van der Waals surface area contributed by atoms with Crippen molar-refractivity contribution >= 4 is 0 Å². The van der Waals surface area contributed by atoms with Crippen molar-refractivity contribution in [3.05, 3.63) is 0 Å². The maximum atomic E-state index is 8.32. The molecular formula is C9H16N2O. The van der Waals surface area contributed by atoms with E-state index in [0.717, 1.165) is 19.6 Å². The molecule has 0 aromatic heterocycles. The summed E-state index contributed by atoms with van der Waals surface area (Å²) >= 11 is 0. The van der Waals surface area contributed by atoms with Crippen LogP contribution in [-0.2, 0) is 4.74 Å². The highest BCUT2D eigenvalue weighted by molar-refractivity contribution is 4.95. The zero-order valence-electron chi connectivity index (χ0n) is 7.60. The van der Waals surface area contributed by atoms with Crippen LogP contribution in [0, 0.1) is 16.7 Å². The minimum Gasteiger partial charge on any atom is -0.385 e. The summed E-state index contributed by atoms with van der Waals surface area (Å²) in [7, 11) is 1.73. The van der Waals surface area contributed by atoms with Gasteiger partial charge in [-0.15, -0.1) is 0 Å². The largest absolute Gasteiger partial charge is 0.385 e. The molecular weight excluding hydrogens is 152 g/mol. The molecule has 0 spiro atoms. The Hall–Kier alpha value is -0.590. The second-order valence-electron chi connectivity index (χ2n) is 3.50. The first-order valence-electron chi connectivity index (χ1n) is 4.40. The minimum atomic E-state index is 0.465. The van der Waals surface area contributed by atoms with Crippen molar-refractivity contribution in [2.75, 3.05) is 26.8 Å². The smallest absolute Gasteiger partial charge is 0.0841 e. The summed E-state index contributed by atoms with van der Waals surface area (Å²) in [4.78, 5) is 0. The lowest BCUT2D eigenvalue weighted by molar-refractivity contribution is 0.171. The molecule has 0 aliphatic heterocycles. The van der Waals surface area contributed by atoms with E-state index in [4.69, 9.17) is 10.00 Å². The fourth-order valence-electron chi connectivity index (χ4n) is 1.39. The van der Waals surface area contributed by atoms with Gasteiger partial charge < -0.3 is 10.1 Å². The van der Waals surface area contributed by atoms with Crippen molar-refractivity contribution in [1.29, 1.82) is 5.26 Å². The Morgan fingerprint density at radius 2 is 2.33 bits per heavy atom. The molecule has 3 nitrogen and oxygen atoms in total. The van der Waals surface area contributed by atoms with Crippen LogP contribution in [0.15, 0.2) is 0 Å². The third-order valence-corrected chi connectivity index (χ3v) is 2.50. The van der Waals surface area contributed by atoms with E-state index in [-0.39, 0.29) is 0 Å². The molecule has 1 fully saturated rings. The first-order chi connectivity index (χ1) is 5.83. The van der Waals surface area contributed by atoms with E-state index in [1.165, 1.54) is 12.8 Å². The maximum absolute atomic E-state index is 8.32. The minimum absolute atomic E-state index is 0.465. The molecule has 0 amide bonds. The fourth-order valence-corrected chi connectivity index (χ4v) is 1.39. The van der Waals surface area contributed by atoms with Crippen LogP contribution in [0.4, 0.5) is 0 Å². The molecule has 0 radical (unpaired) electrons. The Bertz CT molecular complexity index is 170. The number of rotatable bonds is 6. The lowest BCUT2D eigenvalue weighted by Gasteiger charge is -2.13. The predicted molar refractivity (Wildman–Crippen MR) is 46.6 cm³/mol. The van der Waals surface area contributed by atoms with Gasteiger partial charge >= 0.3 is 0 Å². The van der Waals surface area contributed by atoms with E-state index >= 15 is 0 Å². The van der Waals surface area contributed by atoms with Gasteiger partial charge in [0.2, 0.25) is 0 Å². The number of nitrogens with one attached hydrogen (secondary N) is 1. The Morgan fingerprint density at radius 1 is 1.58 bits per heavy atom. The van der Waals surface area contributed by atoms with Gasteiger partial charge in [-0.3, -0.25) is 0 Å². The van der Waals surface area contributed by atoms with E-state index < -0.39 is 0 Å². The Labute approximate surface area is 73.7 Å². The number of nitriles is 1. The van der Waals surface area contributed by atoms with Crippen LogP contribution in [0.5, 0.6) is 0 Å². The van der Waals surface area contributed by atoms with E-state index in [1.54, 1.807) is 7.11 Å². The maximum Gasteiger partial charge on any atom is 0.0841 e. The third kappa shape index (κ3) is 2.80. The van der Waals surface area contributed by atoms with Crippen molar-refractivity contribution in [2.45, 2.75) is 19.3 Å². The van der Waals surface area contributed by atoms with Crippen LogP contribution < -0.4 is 5.32 Å². The van der Waals surface area contributed by atoms with Crippen molar-refractivity contribution < 1.29 is 4.74 Å². The predicted octanol–water partition coefficient (Wildman–Crippen LogP) is 0.916. The van der Waals surface area contributed by atoms with Gasteiger partial charge in [-0.05, 0) is 24.7 Å². The van der Waals surface area contributed by atoms with E-state index in [2.05, 4.69) is 11.4 Å². The fraction of sp³-hybridized carbons (Fsp3) is 0.889. The van der Waals surface area contributed by atoms with Crippen LogP contribution in [0.3, 0.4) is 0 Å². The zero-order valence-corrected chi connectivity index (χ0v) is 7.60. The summed E-state index contributed by atoms with van der Waals surface area (Å²) in [5.41, 5.74) is 0.465. The second kappa shape index (κ2) is 4.44. The first kappa shape index (κ1) is 9.50. The van der Waals surface area contributed by atoms with Gasteiger partial charge in [-0.1, -0.05) is 0 Å². The van der Waals surface area contributed by atoms with E-state index in [0.29, 0.717) is 12.0 Å². The van der Waals surface area contributed by atoms with Crippen molar-refractivity contribution in [3.8, 4) is 6.07 Å². The van der Waals surface area contributed by atoms with E-state index in [1.807, 2.05) is 0 Å². The van der Waals surface area contributed by atoms with Crippen LogP contribution >= 0.6 is 0 Å². The normalized spacial score (nSPS) is 18.7. The van der Waals surface area contributed by atoms with Crippen molar-refractivity contribution in [1.82, 2.24) is 5.32 Å². The van der Waals surface area contributed by atoms with Crippen molar-refractivity contribution in [2.24, 2.45) is 5.41 Å². The highest BCUT2D eigenvalue weighted by Gasteiger charge is 2.41. The molecule has 0 aromatic carbocycles. The van der Waals surface area contributed by atoms with Gasteiger partial charge in [-0.25, -0.2) is 0 Å². The first-order valence-corrected chi connectivity index (χ1v) is 4.40. The summed E-state index contributed by atoms with van der Waals surface area (Å²) in [6.07, 6.45) is 3.70. The van der Waals surface area contributed by atoms with Gasteiger partial charge in [0.1, 0.15) is 0 Å². The SMILES string of the molecule is COCCC1(CNCC#N)CC1. The van der Waals surface area contributed by atoms with Crippen LogP contribution in [0.2, 0.25) is 0 Å². The molecule has 1 rings (SSSR count). The number of methoxy groups -OCH3 is 1. The van der Waals surface area contributed by atoms with Crippen LogP contribution in [0.1, 0.15) is 19.3 Å². The van der Waals surface area contributed by atoms with Gasteiger partial charge in [0.25, 0.3) is 0 Å². The van der Waals surface area contributed by atoms with Crippen LogP contribution in [-0.4, -0.2) is 26.8 Å². The van der Waals surface area contributed by atoms with E-state index in [9.17, 15) is 0 Å². The summed E-state index contributed by atoms with van der Waals surface area (Å²) in [6, 6.07) is 2.08. The molecule has 1 saturated carbocycles. The Morgan fingerprint density at radius 3 is 2.83 bits per heavy atom. The molecule has 1 N–H and O–H groups in total. The molecule has 68 valence electrons. The lowest BCUT2D eigenvalue weighted by atomic mass is 10.0. The quantitative estimate of drug-likeness (QED) is 0.473. The standard InChI is InChI=1S/C9H16N2O/c1-12-7-4-9(2-3-9)8-11-6-5-10/h11H,2-4,6-8H2,1H3. The molecule has 0 unspecified atom stereocenters. The topological polar surface area (TPSA) is 45.0 Å². The average molecular weight is 168 g/mol.